The van der Waals surface area contributed by atoms with E-state index in [1.165, 1.54) is 42.8 Å². The Morgan fingerprint density at radius 1 is 0.512 bits per heavy atom. The Morgan fingerprint density at radius 3 is 1.84 bits per heavy atom. The smallest absolute Gasteiger partial charge is 0.161 e. The van der Waals surface area contributed by atoms with E-state index in [4.69, 9.17) is 9.97 Å². The Hall–Kier alpha value is -5.12. The van der Waals surface area contributed by atoms with Gasteiger partial charge in [0, 0.05) is 31.7 Å². The highest BCUT2D eigenvalue weighted by Crippen LogP contribution is 2.43. The van der Waals surface area contributed by atoms with Crippen molar-refractivity contribution in [3.63, 3.8) is 0 Å². The molecule has 0 bridgehead atoms. The molecule has 2 aromatic heterocycles. The van der Waals surface area contributed by atoms with E-state index >= 15 is 0 Å². The first kappa shape index (κ1) is 25.6. The Labute approximate surface area is 255 Å². The fraction of sp³-hybridized carbons (Fsp3) is 0.0500. The second-order valence-corrected chi connectivity index (χ2v) is 12.0. The van der Waals surface area contributed by atoms with Crippen molar-refractivity contribution in [3.8, 4) is 56.2 Å². The molecule has 0 spiro atoms. The average Bonchev–Trinajstić information content (AvgIpc) is 3.48. The number of hydrogen-bond acceptors (Lipinski definition) is 3. The van der Waals surface area contributed by atoms with Crippen LogP contribution in [-0.2, 0) is 6.42 Å². The molecule has 3 heteroatoms. The molecule has 204 valence electrons. The Morgan fingerprint density at radius 2 is 1.09 bits per heavy atom. The molecule has 0 atom stereocenters. The summed E-state index contributed by atoms with van der Waals surface area (Å²) in [5, 5.41) is 1.37. The van der Waals surface area contributed by atoms with E-state index in [1.807, 2.05) is 23.5 Å². The number of allylic oxidation sites excluding steroid dienone is 1. The highest BCUT2D eigenvalue weighted by atomic mass is 32.1. The van der Waals surface area contributed by atoms with Crippen LogP contribution in [-0.4, -0.2) is 9.97 Å². The van der Waals surface area contributed by atoms with E-state index in [0.717, 1.165) is 46.7 Å². The predicted molar refractivity (Wildman–Crippen MR) is 182 cm³/mol. The molecule has 0 aliphatic heterocycles. The standard InChI is InChI=1S/C40H28N2S/c1-3-12-27(13-4-1)28-22-24-30(25-23-28)36-26-35(29-14-5-2-6-15-29)41-40(42-36)33-17-8-7-16-31(33)32-19-11-21-38-39(32)34-18-9-10-20-37(34)43-38/h1-8,10-17,19-26H,9,18H2. The molecule has 0 saturated heterocycles. The van der Waals surface area contributed by atoms with Gasteiger partial charge in [-0.2, -0.15) is 0 Å². The van der Waals surface area contributed by atoms with Gasteiger partial charge >= 0.3 is 0 Å². The van der Waals surface area contributed by atoms with Gasteiger partial charge in [0.25, 0.3) is 0 Å². The molecular formula is C40H28N2S. The van der Waals surface area contributed by atoms with Gasteiger partial charge in [-0.1, -0.05) is 127 Å². The fourth-order valence-electron chi connectivity index (χ4n) is 6.11. The lowest BCUT2D eigenvalue weighted by molar-refractivity contribution is 1.01. The van der Waals surface area contributed by atoms with Crippen LogP contribution in [0.25, 0.3) is 72.3 Å². The summed E-state index contributed by atoms with van der Waals surface area (Å²) in [6.07, 6.45) is 6.75. The van der Waals surface area contributed by atoms with Crippen LogP contribution in [0, 0.1) is 0 Å². The third kappa shape index (κ3) is 4.78. The van der Waals surface area contributed by atoms with Crippen LogP contribution in [0.15, 0.2) is 140 Å². The molecule has 1 aliphatic carbocycles. The largest absolute Gasteiger partial charge is 0.228 e. The van der Waals surface area contributed by atoms with Crippen LogP contribution >= 0.6 is 11.3 Å². The summed E-state index contributed by atoms with van der Waals surface area (Å²) in [5.74, 6) is 0.736. The average molecular weight is 569 g/mol. The van der Waals surface area contributed by atoms with Crippen LogP contribution in [0.2, 0.25) is 0 Å². The van der Waals surface area contributed by atoms with Crippen molar-refractivity contribution in [1.29, 1.82) is 0 Å². The molecule has 2 nitrogen and oxygen atoms in total. The van der Waals surface area contributed by atoms with Gasteiger partial charge in [-0.25, -0.2) is 9.97 Å². The molecule has 0 amide bonds. The number of thiophene rings is 1. The summed E-state index contributed by atoms with van der Waals surface area (Å²) in [4.78, 5) is 11.8. The maximum absolute atomic E-state index is 5.22. The van der Waals surface area contributed by atoms with Crippen molar-refractivity contribution in [2.24, 2.45) is 0 Å². The lowest BCUT2D eigenvalue weighted by Gasteiger charge is -2.15. The van der Waals surface area contributed by atoms with Crippen molar-refractivity contribution >= 4 is 27.5 Å². The Bertz CT molecular complexity index is 2110. The summed E-state index contributed by atoms with van der Waals surface area (Å²) in [6, 6.07) is 47.0. The van der Waals surface area contributed by atoms with Gasteiger partial charge in [-0.05, 0) is 58.9 Å². The van der Waals surface area contributed by atoms with Gasteiger partial charge in [-0.15, -0.1) is 11.3 Å². The SMILES string of the molecule is C1=Cc2sc3cccc(-c4ccccc4-c4nc(-c5ccccc5)cc(-c5ccc(-c6ccccc6)cc5)n4)c3c2CC1. The van der Waals surface area contributed by atoms with E-state index < -0.39 is 0 Å². The maximum Gasteiger partial charge on any atom is 0.161 e. The number of nitrogens with zero attached hydrogens (tertiary/aromatic N) is 2. The third-order valence-electron chi connectivity index (χ3n) is 8.22. The van der Waals surface area contributed by atoms with Gasteiger partial charge in [0.15, 0.2) is 5.82 Å². The zero-order valence-corrected chi connectivity index (χ0v) is 24.4. The summed E-state index contributed by atoms with van der Waals surface area (Å²) < 4.78 is 1.34. The first-order chi connectivity index (χ1) is 21.3. The molecule has 0 fully saturated rings. The summed E-state index contributed by atoms with van der Waals surface area (Å²) in [7, 11) is 0. The quantitative estimate of drug-likeness (QED) is 0.206. The first-order valence-corrected chi connectivity index (χ1v) is 15.5. The number of benzene rings is 5. The van der Waals surface area contributed by atoms with Crippen LogP contribution < -0.4 is 0 Å². The monoisotopic (exact) mass is 568 g/mol. The highest BCUT2D eigenvalue weighted by Gasteiger charge is 2.20. The van der Waals surface area contributed by atoms with Gasteiger partial charge in [0.1, 0.15) is 0 Å². The third-order valence-corrected chi connectivity index (χ3v) is 9.38. The number of fused-ring (bicyclic) bond motifs is 3. The molecule has 1 aliphatic rings. The predicted octanol–water partition coefficient (Wildman–Crippen LogP) is 11.0. The molecule has 0 radical (unpaired) electrons. The highest BCUT2D eigenvalue weighted by molar-refractivity contribution is 7.20. The van der Waals surface area contributed by atoms with Crippen LogP contribution in [0.1, 0.15) is 16.9 Å². The minimum Gasteiger partial charge on any atom is -0.228 e. The molecule has 5 aromatic carbocycles. The minimum atomic E-state index is 0.736. The molecule has 43 heavy (non-hydrogen) atoms. The Kier molecular flexibility index (Phi) is 6.51. The lowest BCUT2D eigenvalue weighted by Crippen LogP contribution is -1.98. The zero-order valence-electron chi connectivity index (χ0n) is 23.6. The van der Waals surface area contributed by atoms with Crippen LogP contribution in [0.5, 0.6) is 0 Å². The molecule has 7 aromatic rings. The summed E-state index contributed by atoms with van der Waals surface area (Å²) >= 11 is 1.89. The summed E-state index contributed by atoms with van der Waals surface area (Å²) in [6.45, 7) is 0. The molecule has 2 heterocycles. The molecule has 8 rings (SSSR count). The summed E-state index contributed by atoms with van der Waals surface area (Å²) in [5.41, 5.74) is 11.3. The number of hydrogen-bond donors (Lipinski definition) is 0. The van der Waals surface area contributed by atoms with Gasteiger partial charge in [-0.3, -0.25) is 0 Å². The molecular weight excluding hydrogens is 541 g/mol. The van der Waals surface area contributed by atoms with E-state index in [9.17, 15) is 0 Å². The fourth-order valence-corrected chi connectivity index (χ4v) is 7.32. The van der Waals surface area contributed by atoms with E-state index in [1.54, 1.807) is 0 Å². The van der Waals surface area contributed by atoms with Gasteiger partial charge < -0.3 is 0 Å². The van der Waals surface area contributed by atoms with Crippen LogP contribution in [0.4, 0.5) is 0 Å². The van der Waals surface area contributed by atoms with Crippen LogP contribution in [0.3, 0.4) is 0 Å². The van der Waals surface area contributed by atoms with Gasteiger partial charge in [0.2, 0.25) is 0 Å². The van der Waals surface area contributed by atoms with Crippen molar-refractivity contribution < 1.29 is 0 Å². The second-order valence-electron chi connectivity index (χ2n) is 10.9. The number of aromatic nitrogens is 2. The number of rotatable bonds is 5. The van der Waals surface area contributed by atoms with Gasteiger partial charge in [0.05, 0.1) is 11.4 Å². The zero-order chi connectivity index (χ0) is 28.6. The minimum absolute atomic E-state index is 0.736. The first-order valence-electron chi connectivity index (χ1n) is 14.7. The second kappa shape index (κ2) is 10.9. The topological polar surface area (TPSA) is 25.8 Å². The van der Waals surface area contributed by atoms with E-state index in [-0.39, 0.29) is 0 Å². The molecule has 0 N–H and O–H groups in total. The molecule has 0 saturated carbocycles. The Balaban J connectivity index is 1.30. The molecule has 0 unspecified atom stereocenters. The van der Waals surface area contributed by atoms with Crippen molar-refractivity contribution in [1.82, 2.24) is 9.97 Å². The normalized spacial score (nSPS) is 12.4. The van der Waals surface area contributed by atoms with E-state index in [2.05, 4.69) is 133 Å². The lowest BCUT2D eigenvalue weighted by atomic mass is 9.92. The number of aryl methyl sites for hydroxylation is 1. The van der Waals surface area contributed by atoms with Crippen molar-refractivity contribution in [3.05, 3.63) is 150 Å². The van der Waals surface area contributed by atoms with Crippen molar-refractivity contribution in [2.45, 2.75) is 12.8 Å². The van der Waals surface area contributed by atoms with Crippen molar-refractivity contribution in [2.75, 3.05) is 0 Å². The van der Waals surface area contributed by atoms with E-state index in [0.29, 0.717) is 0 Å². The maximum atomic E-state index is 5.22.